The van der Waals surface area contributed by atoms with Crippen LogP contribution in [-0.2, 0) is 21.4 Å². The summed E-state index contributed by atoms with van der Waals surface area (Å²) in [5, 5.41) is 5.88. The monoisotopic (exact) mass is 499 g/mol. The number of hydrogen-bond donors (Lipinski definition) is 2. The van der Waals surface area contributed by atoms with Crippen molar-refractivity contribution in [3.8, 4) is 5.75 Å². The number of ether oxygens (including phenoxy) is 1. The second kappa shape index (κ2) is 9.74. The predicted molar refractivity (Wildman–Crippen MR) is 131 cm³/mol. The zero-order valence-electron chi connectivity index (χ0n) is 18.2. The van der Waals surface area contributed by atoms with E-state index >= 15 is 0 Å². The molecule has 0 unspecified atom stereocenters. The van der Waals surface area contributed by atoms with Crippen molar-refractivity contribution in [3.63, 3.8) is 0 Å². The third-order valence-electron chi connectivity index (χ3n) is 5.21. The number of carbonyl (C=O) groups is 2. The Bertz CT molecular complexity index is 1330. The lowest BCUT2D eigenvalue weighted by Crippen LogP contribution is -2.48. The number of amides is 2. The number of benzene rings is 3. The standard InChI is InChI=1S/C24H22ClN3O5S/c1-34(31,32)28-15-22(33-21-12-11-17(25)13-20(21)28)24(30)27-19-10-6-5-9-18(19)23(29)26-14-16-7-3-2-4-8-16/h2-13,22H,14-15H2,1H3,(H,26,29)(H,27,30)/t22-/m1/s1. The minimum atomic E-state index is -3.70. The molecule has 0 saturated carbocycles. The molecule has 1 atom stereocenters. The molecule has 3 aromatic carbocycles. The molecule has 8 nitrogen and oxygen atoms in total. The van der Waals surface area contributed by atoms with Crippen molar-refractivity contribution in [2.45, 2.75) is 12.6 Å². The molecule has 2 N–H and O–H groups in total. The highest BCUT2D eigenvalue weighted by Crippen LogP contribution is 2.37. The van der Waals surface area contributed by atoms with E-state index in [2.05, 4.69) is 10.6 Å². The van der Waals surface area contributed by atoms with Crippen LogP contribution in [0.5, 0.6) is 5.75 Å². The number of carbonyl (C=O) groups excluding carboxylic acids is 2. The topological polar surface area (TPSA) is 105 Å². The SMILES string of the molecule is CS(=O)(=O)N1C[C@H](C(=O)Nc2ccccc2C(=O)NCc2ccccc2)Oc2ccc(Cl)cc21. The summed E-state index contributed by atoms with van der Waals surface area (Å²) in [6.45, 7) is 0.0940. The highest BCUT2D eigenvalue weighted by Gasteiger charge is 2.35. The molecule has 1 aliphatic rings. The fourth-order valence-electron chi connectivity index (χ4n) is 3.55. The van der Waals surface area contributed by atoms with Gasteiger partial charge in [-0.2, -0.15) is 0 Å². The van der Waals surface area contributed by atoms with Gasteiger partial charge in [0.1, 0.15) is 5.75 Å². The van der Waals surface area contributed by atoms with Gasteiger partial charge in [0.2, 0.25) is 10.0 Å². The van der Waals surface area contributed by atoms with Crippen LogP contribution in [0.25, 0.3) is 0 Å². The maximum absolute atomic E-state index is 13.1. The molecule has 10 heteroatoms. The van der Waals surface area contributed by atoms with E-state index in [-0.39, 0.29) is 35.1 Å². The lowest BCUT2D eigenvalue weighted by molar-refractivity contribution is -0.122. The Labute approximate surface area is 202 Å². The molecule has 0 spiro atoms. The Hall–Kier alpha value is -3.56. The Morgan fingerprint density at radius 2 is 1.76 bits per heavy atom. The van der Waals surface area contributed by atoms with E-state index in [0.29, 0.717) is 11.6 Å². The van der Waals surface area contributed by atoms with E-state index in [1.165, 1.54) is 12.1 Å². The van der Waals surface area contributed by atoms with Gasteiger partial charge < -0.3 is 15.4 Å². The predicted octanol–water partition coefficient (Wildman–Crippen LogP) is 3.44. The van der Waals surface area contributed by atoms with Gasteiger partial charge in [0.05, 0.1) is 29.7 Å². The highest BCUT2D eigenvalue weighted by molar-refractivity contribution is 7.92. The average molecular weight is 500 g/mol. The number of sulfonamides is 1. The summed E-state index contributed by atoms with van der Waals surface area (Å²) in [5.41, 5.74) is 1.76. The summed E-state index contributed by atoms with van der Waals surface area (Å²) in [4.78, 5) is 25.8. The molecular weight excluding hydrogens is 478 g/mol. The van der Waals surface area contributed by atoms with E-state index in [0.717, 1.165) is 16.1 Å². The summed E-state index contributed by atoms with van der Waals surface area (Å²) >= 11 is 6.02. The Kier molecular flexibility index (Phi) is 6.76. The molecule has 3 aromatic rings. The van der Waals surface area contributed by atoms with Gasteiger partial charge in [-0.3, -0.25) is 13.9 Å². The first-order chi connectivity index (χ1) is 16.2. The zero-order valence-corrected chi connectivity index (χ0v) is 19.8. The van der Waals surface area contributed by atoms with Crippen molar-refractivity contribution in [2.75, 3.05) is 22.4 Å². The molecule has 0 bridgehead atoms. The molecule has 4 rings (SSSR count). The van der Waals surface area contributed by atoms with Crippen molar-refractivity contribution < 1.29 is 22.7 Å². The maximum Gasteiger partial charge on any atom is 0.267 e. The summed E-state index contributed by atoms with van der Waals surface area (Å²) in [6, 6.07) is 20.5. The van der Waals surface area contributed by atoms with Gasteiger partial charge in [-0.05, 0) is 35.9 Å². The third kappa shape index (κ3) is 5.32. The second-order valence-corrected chi connectivity index (χ2v) is 10.1. The van der Waals surface area contributed by atoms with Crippen LogP contribution in [0, 0.1) is 0 Å². The molecule has 0 aliphatic carbocycles. The number of nitrogens with zero attached hydrogens (tertiary/aromatic N) is 1. The van der Waals surface area contributed by atoms with E-state index in [9.17, 15) is 18.0 Å². The molecule has 0 radical (unpaired) electrons. The van der Waals surface area contributed by atoms with Gasteiger partial charge in [-0.1, -0.05) is 54.1 Å². The maximum atomic E-state index is 13.1. The first-order valence-electron chi connectivity index (χ1n) is 10.4. The van der Waals surface area contributed by atoms with Crippen LogP contribution in [0.2, 0.25) is 5.02 Å². The number of para-hydroxylation sites is 1. The van der Waals surface area contributed by atoms with Crippen molar-refractivity contribution >= 4 is 44.8 Å². The van der Waals surface area contributed by atoms with Gasteiger partial charge in [-0.25, -0.2) is 8.42 Å². The summed E-state index contributed by atoms with van der Waals surface area (Å²) in [6.07, 6.45) is -0.0894. The Morgan fingerprint density at radius 1 is 1.06 bits per heavy atom. The van der Waals surface area contributed by atoms with Crippen LogP contribution in [0.15, 0.2) is 72.8 Å². The number of hydrogen-bond acceptors (Lipinski definition) is 5. The van der Waals surface area contributed by atoms with Crippen LogP contribution in [-0.4, -0.2) is 39.1 Å². The summed E-state index contributed by atoms with van der Waals surface area (Å²) < 4.78 is 31.6. The number of rotatable bonds is 6. The van der Waals surface area contributed by atoms with Crippen LogP contribution >= 0.6 is 11.6 Å². The molecule has 1 aliphatic heterocycles. The van der Waals surface area contributed by atoms with E-state index < -0.39 is 22.0 Å². The fraction of sp³-hybridized carbons (Fsp3) is 0.167. The molecule has 1 heterocycles. The van der Waals surface area contributed by atoms with Crippen molar-refractivity contribution in [2.24, 2.45) is 0 Å². The molecule has 0 aromatic heterocycles. The molecule has 0 saturated heterocycles. The lowest BCUT2D eigenvalue weighted by atomic mass is 10.1. The minimum absolute atomic E-state index is 0.218. The number of halogens is 1. The van der Waals surface area contributed by atoms with Crippen LogP contribution in [0.1, 0.15) is 15.9 Å². The smallest absolute Gasteiger partial charge is 0.267 e. The van der Waals surface area contributed by atoms with Crippen LogP contribution < -0.4 is 19.7 Å². The normalized spacial score (nSPS) is 15.1. The van der Waals surface area contributed by atoms with Crippen molar-refractivity contribution in [3.05, 3.63) is 88.9 Å². The quantitative estimate of drug-likeness (QED) is 0.540. The van der Waals surface area contributed by atoms with Crippen molar-refractivity contribution in [1.82, 2.24) is 5.32 Å². The highest BCUT2D eigenvalue weighted by atomic mass is 35.5. The molecule has 0 fully saturated rings. The Morgan fingerprint density at radius 3 is 2.50 bits per heavy atom. The zero-order chi connectivity index (χ0) is 24.3. The lowest BCUT2D eigenvalue weighted by Gasteiger charge is -2.34. The molecule has 34 heavy (non-hydrogen) atoms. The van der Waals surface area contributed by atoms with Crippen molar-refractivity contribution in [1.29, 1.82) is 0 Å². The number of anilines is 2. The molecular formula is C24H22ClN3O5S. The number of nitrogens with one attached hydrogen (secondary N) is 2. The van der Waals surface area contributed by atoms with Gasteiger partial charge >= 0.3 is 0 Å². The van der Waals surface area contributed by atoms with E-state index in [1.54, 1.807) is 30.3 Å². The van der Waals surface area contributed by atoms with Crippen LogP contribution in [0.4, 0.5) is 11.4 Å². The number of fused-ring (bicyclic) bond motifs is 1. The minimum Gasteiger partial charge on any atom is -0.476 e. The largest absolute Gasteiger partial charge is 0.476 e. The fourth-order valence-corrected chi connectivity index (χ4v) is 4.62. The van der Waals surface area contributed by atoms with Gasteiger partial charge in [0.15, 0.2) is 6.10 Å². The average Bonchev–Trinajstić information content (AvgIpc) is 2.82. The summed E-state index contributed by atoms with van der Waals surface area (Å²) in [7, 11) is -3.70. The van der Waals surface area contributed by atoms with Gasteiger partial charge in [0, 0.05) is 11.6 Å². The van der Waals surface area contributed by atoms with Crippen LogP contribution in [0.3, 0.4) is 0 Å². The van der Waals surface area contributed by atoms with E-state index in [4.69, 9.17) is 16.3 Å². The summed E-state index contributed by atoms with van der Waals surface area (Å²) in [5.74, 6) is -0.727. The van der Waals surface area contributed by atoms with Gasteiger partial charge in [0.25, 0.3) is 11.8 Å². The first-order valence-corrected chi connectivity index (χ1v) is 12.6. The Balaban J connectivity index is 1.52. The molecule has 176 valence electrons. The molecule has 2 amide bonds. The van der Waals surface area contributed by atoms with Gasteiger partial charge in [-0.15, -0.1) is 0 Å². The third-order valence-corrected chi connectivity index (χ3v) is 6.59. The van der Waals surface area contributed by atoms with E-state index in [1.807, 2.05) is 30.3 Å². The second-order valence-electron chi connectivity index (χ2n) is 7.72. The first kappa shape index (κ1) is 23.6.